The van der Waals surface area contributed by atoms with Crippen molar-refractivity contribution in [3.63, 3.8) is 0 Å². The second kappa shape index (κ2) is 5.66. The first-order valence-corrected chi connectivity index (χ1v) is 6.62. The maximum Gasteiger partial charge on any atom is 0.329 e. The molecule has 0 aromatic carbocycles. The van der Waals surface area contributed by atoms with Crippen LogP contribution in [0.15, 0.2) is 0 Å². The first-order valence-electron chi connectivity index (χ1n) is 6.62. The number of carboxylic acid groups (broad SMARTS) is 1. The maximum atomic E-state index is 12.3. The fourth-order valence-electron chi connectivity index (χ4n) is 2.43. The predicted molar refractivity (Wildman–Crippen MR) is 68.1 cm³/mol. The molecule has 0 radical (unpaired) electrons. The van der Waals surface area contributed by atoms with E-state index in [1.807, 2.05) is 0 Å². The van der Waals surface area contributed by atoms with E-state index in [-0.39, 0.29) is 19.1 Å². The summed E-state index contributed by atoms with van der Waals surface area (Å²) >= 11 is 0. The van der Waals surface area contributed by atoms with E-state index in [1.165, 1.54) is 11.9 Å². The third-order valence-electron chi connectivity index (χ3n) is 3.90. The normalized spacial score (nSPS) is 24.4. The number of hydrogen-bond acceptors (Lipinski definition) is 4. The zero-order valence-electron chi connectivity index (χ0n) is 11.3. The fraction of sp³-hybridized carbons (Fsp3) is 0.750. The Bertz CT molecular complexity index is 421. The smallest absolute Gasteiger partial charge is 0.329 e. The molecule has 8 heteroatoms. The Hall–Kier alpha value is -1.83. The van der Waals surface area contributed by atoms with Gasteiger partial charge in [0, 0.05) is 13.6 Å². The average Bonchev–Trinajstić information content (AvgIpc) is 2.41. The summed E-state index contributed by atoms with van der Waals surface area (Å²) in [6.45, 7) is 0.716. The third kappa shape index (κ3) is 2.55. The highest BCUT2D eigenvalue weighted by molar-refractivity contribution is 5.90. The molecule has 20 heavy (non-hydrogen) atoms. The topological polar surface area (TPSA) is 108 Å². The van der Waals surface area contributed by atoms with Gasteiger partial charge < -0.3 is 25.4 Å². The van der Waals surface area contributed by atoms with Gasteiger partial charge in [-0.25, -0.2) is 9.59 Å². The Morgan fingerprint density at radius 2 is 2.05 bits per heavy atom. The van der Waals surface area contributed by atoms with Gasteiger partial charge in [0.15, 0.2) is 0 Å². The highest BCUT2D eigenvalue weighted by Crippen LogP contribution is 2.32. The number of morpholine rings is 1. The molecule has 2 rings (SSSR count). The number of carboxylic acids is 1. The molecule has 1 aliphatic carbocycles. The lowest BCUT2D eigenvalue weighted by atomic mass is 9.77. The molecular formula is C12H19N3O5. The summed E-state index contributed by atoms with van der Waals surface area (Å²) in [7, 11) is 1.48. The van der Waals surface area contributed by atoms with Crippen molar-refractivity contribution in [3.8, 4) is 0 Å². The molecule has 1 saturated heterocycles. The van der Waals surface area contributed by atoms with Gasteiger partial charge in [-0.3, -0.25) is 4.79 Å². The lowest BCUT2D eigenvalue weighted by Gasteiger charge is -2.41. The zero-order valence-corrected chi connectivity index (χ0v) is 11.3. The van der Waals surface area contributed by atoms with Crippen LogP contribution in [0.1, 0.15) is 19.3 Å². The lowest BCUT2D eigenvalue weighted by molar-refractivity contribution is -0.148. The first-order chi connectivity index (χ1) is 9.50. The van der Waals surface area contributed by atoms with Crippen molar-refractivity contribution >= 4 is 17.9 Å². The lowest BCUT2D eigenvalue weighted by Crippen LogP contribution is -2.65. The molecule has 2 aliphatic rings. The van der Waals surface area contributed by atoms with Gasteiger partial charge in [-0.05, 0) is 19.3 Å². The van der Waals surface area contributed by atoms with Gasteiger partial charge in [-0.1, -0.05) is 0 Å². The van der Waals surface area contributed by atoms with Crippen molar-refractivity contribution < 1.29 is 24.2 Å². The molecule has 8 nitrogen and oxygen atoms in total. The largest absolute Gasteiger partial charge is 0.480 e. The minimum atomic E-state index is -1.18. The highest BCUT2D eigenvalue weighted by Gasteiger charge is 2.47. The minimum absolute atomic E-state index is 0.118. The van der Waals surface area contributed by atoms with Crippen molar-refractivity contribution in [1.29, 1.82) is 0 Å². The Balaban J connectivity index is 2.06. The molecule has 3 N–H and O–H groups in total. The van der Waals surface area contributed by atoms with Crippen LogP contribution in [0.25, 0.3) is 0 Å². The molecular weight excluding hydrogens is 266 g/mol. The van der Waals surface area contributed by atoms with Gasteiger partial charge in [0.2, 0.25) is 5.91 Å². The fourth-order valence-corrected chi connectivity index (χ4v) is 2.43. The van der Waals surface area contributed by atoms with Crippen LogP contribution >= 0.6 is 0 Å². The number of rotatable bonds is 3. The predicted octanol–water partition coefficient (Wildman–Crippen LogP) is -0.850. The van der Waals surface area contributed by atoms with Crippen LogP contribution in [-0.2, 0) is 14.3 Å². The second-order valence-electron chi connectivity index (χ2n) is 5.07. The average molecular weight is 285 g/mol. The summed E-state index contributed by atoms with van der Waals surface area (Å²) in [4.78, 5) is 36.6. The van der Waals surface area contributed by atoms with Crippen molar-refractivity contribution in [3.05, 3.63) is 0 Å². The number of nitrogens with one attached hydrogen (secondary N) is 2. The Kier molecular flexibility index (Phi) is 4.12. The Labute approximate surface area is 116 Å². The molecule has 0 aromatic rings. The summed E-state index contributed by atoms with van der Waals surface area (Å²) in [6, 6.07) is -1.25. The Morgan fingerprint density at radius 1 is 1.35 bits per heavy atom. The summed E-state index contributed by atoms with van der Waals surface area (Å²) in [5, 5.41) is 14.3. The van der Waals surface area contributed by atoms with E-state index in [1.54, 1.807) is 0 Å². The molecule has 3 amide bonds. The number of ether oxygens (including phenoxy) is 1. The highest BCUT2D eigenvalue weighted by atomic mass is 16.5. The molecule has 1 saturated carbocycles. The minimum Gasteiger partial charge on any atom is -0.480 e. The van der Waals surface area contributed by atoms with Crippen LogP contribution in [0.5, 0.6) is 0 Å². The van der Waals surface area contributed by atoms with E-state index in [9.17, 15) is 19.5 Å². The SMILES string of the molecule is CNC(=O)C1COCCN1C(=O)NC1(C(=O)O)CCC1. The number of urea groups is 1. The van der Waals surface area contributed by atoms with Gasteiger partial charge in [0.1, 0.15) is 11.6 Å². The number of carbonyl (C=O) groups is 3. The van der Waals surface area contributed by atoms with Crippen LogP contribution in [-0.4, -0.2) is 66.3 Å². The van der Waals surface area contributed by atoms with E-state index in [4.69, 9.17) is 4.74 Å². The molecule has 1 aliphatic heterocycles. The third-order valence-corrected chi connectivity index (χ3v) is 3.90. The monoisotopic (exact) mass is 285 g/mol. The molecule has 0 bridgehead atoms. The van der Waals surface area contributed by atoms with Crippen molar-refractivity contribution in [2.24, 2.45) is 0 Å². The number of hydrogen-bond donors (Lipinski definition) is 3. The van der Waals surface area contributed by atoms with Crippen molar-refractivity contribution in [2.75, 3.05) is 26.8 Å². The maximum absolute atomic E-state index is 12.3. The standard InChI is InChI=1S/C12H19N3O5/c1-13-9(16)8-7-20-6-5-15(8)11(19)14-12(10(17)18)3-2-4-12/h8H,2-7H2,1H3,(H,13,16)(H,14,19)(H,17,18). The van der Waals surface area contributed by atoms with E-state index >= 15 is 0 Å². The van der Waals surface area contributed by atoms with Crippen LogP contribution in [0.2, 0.25) is 0 Å². The van der Waals surface area contributed by atoms with E-state index in [0.717, 1.165) is 6.42 Å². The summed E-state index contributed by atoms with van der Waals surface area (Å²) in [6.07, 6.45) is 1.61. The van der Waals surface area contributed by atoms with Gasteiger partial charge in [0.05, 0.1) is 13.2 Å². The van der Waals surface area contributed by atoms with Crippen LogP contribution in [0, 0.1) is 0 Å². The zero-order chi connectivity index (χ0) is 14.8. The molecule has 1 atom stereocenters. The molecule has 2 fully saturated rings. The molecule has 1 unspecified atom stereocenters. The van der Waals surface area contributed by atoms with Gasteiger partial charge in [-0.2, -0.15) is 0 Å². The molecule has 0 aromatic heterocycles. The number of carbonyl (C=O) groups excluding carboxylic acids is 2. The van der Waals surface area contributed by atoms with Gasteiger partial charge >= 0.3 is 12.0 Å². The van der Waals surface area contributed by atoms with Gasteiger partial charge in [0.25, 0.3) is 0 Å². The van der Waals surface area contributed by atoms with Crippen molar-refractivity contribution in [2.45, 2.75) is 30.8 Å². The molecule has 0 spiro atoms. The number of likely N-dealkylation sites (N-methyl/N-ethyl adjacent to an activating group) is 1. The molecule has 112 valence electrons. The summed E-state index contributed by atoms with van der Waals surface area (Å²) < 4.78 is 5.20. The number of amides is 3. The van der Waals surface area contributed by atoms with E-state index < -0.39 is 23.6 Å². The van der Waals surface area contributed by atoms with Gasteiger partial charge in [-0.15, -0.1) is 0 Å². The first kappa shape index (κ1) is 14.6. The molecule has 1 heterocycles. The quantitative estimate of drug-likeness (QED) is 0.626. The summed E-state index contributed by atoms with van der Waals surface area (Å²) in [5.41, 5.74) is -1.18. The van der Waals surface area contributed by atoms with Crippen molar-refractivity contribution in [1.82, 2.24) is 15.5 Å². The number of nitrogens with zero attached hydrogens (tertiary/aromatic N) is 1. The second-order valence-corrected chi connectivity index (χ2v) is 5.07. The summed E-state index contributed by atoms with van der Waals surface area (Å²) in [5.74, 6) is -1.35. The van der Waals surface area contributed by atoms with Crippen LogP contribution in [0.4, 0.5) is 4.79 Å². The van der Waals surface area contributed by atoms with E-state index in [0.29, 0.717) is 19.4 Å². The van der Waals surface area contributed by atoms with E-state index in [2.05, 4.69) is 10.6 Å². The number of aliphatic carboxylic acids is 1. The van der Waals surface area contributed by atoms with Crippen LogP contribution < -0.4 is 10.6 Å². The Morgan fingerprint density at radius 3 is 2.55 bits per heavy atom. The van der Waals surface area contributed by atoms with Crippen LogP contribution in [0.3, 0.4) is 0 Å².